The van der Waals surface area contributed by atoms with Gasteiger partial charge in [-0.15, -0.1) is 0 Å². The maximum Gasteiger partial charge on any atom is 0.115 e. The van der Waals surface area contributed by atoms with Crippen molar-refractivity contribution in [1.82, 2.24) is 9.97 Å². The Morgan fingerprint density at radius 3 is 3.00 bits per heavy atom. The fourth-order valence-corrected chi connectivity index (χ4v) is 1.83. The van der Waals surface area contributed by atoms with E-state index in [9.17, 15) is 5.11 Å². The molecule has 4 heteroatoms. The van der Waals surface area contributed by atoms with E-state index in [0.717, 1.165) is 10.9 Å². The summed E-state index contributed by atoms with van der Waals surface area (Å²) < 4.78 is 0.795. The number of rotatable bonds is 3. The monoisotopic (exact) mass is 242 g/mol. The van der Waals surface area contributed by atoms with Crippen molar-refractivity contribution in [3.05, 3.63) is 22.7 Å². The smallest absolute Gasteiger partial charge is 0.115 e. The molecule has 13 heavy (non-hydrogen) atoms. The number of aliphatic hydroxyl groups is 1. The standard InChI is InChI=1S/C9H11BrN2O/c10-7-4-11-5-12-9(7)8(13)3-6-1-2-6/h4-6,8,13H,1-3H2. The van der Waals surface area contributed by atoms with Crippen LogP contribution in [0.25, 0.3) is 0 Å². The van der Waals surface area contributed by atoms with E-state index in [1.807, 2.05) is 0 Å². The van der Waals surface area contributed by atoms with Gasteiger partial charge >= 0.3 is 0 Å². The molecule has 0 aromatic carbocycles. The van der Waals surface area contributed by atoms with Crippen LogP contribution in [-0.2, 0) is 0 Å². The Balaban J connectivity index is 2.09. The largest absolute Gasteiger partial charge is 0.387 e. The van der Waals surface area contributed by atoms with Gasteiger partial charge in [-0.3, -0.25) is 0 Å². The van der Waals surface area contributed by atoms with Crippen molar-refractivity contribution < 1.29 is 5.11 Å². The van der Waals surface area contributed by atoms with Crippen LogP contribution in [0, 0.1) is 5.92 Å². The highest BCUT2D eigenvalue weighted by atomic mass is 79.9. The summed E-state index contributed by atoms with van der Waals surface area (Å²) in [5.41, 5.74) is 0.710. The van der Waals surface area contributed by atoms with Crippen LogP contribution >= 0.6 is 15.9 Å². The van der Waals surface area contributed by atoms with E-state index < -0.39 is 6.10 Å². The van der Waals surface area contributed by atoms with Crippen LogP contribution in [0.1, 0.15) is 31.1 Å². The van der Waals surface area contributed by atoms with Crippen LogP contribution in [-0.4, -0.2) is 15.1 Å². The van der Waals surface area contributed by atoms with Gasteiger partial charge in [0.05, 0.1) is 16.3 Å². The predicted octanol–water partition coefficient (Wildman–Crippen LogP) is 2.07. The van der Waals surface area contributed by atoms with Crippen molar-refractivity contribution >= 4 is 15.9 Å². The molecule has 0 radical (unpaired) electrons. The fraction of sp³-hybridized carbons (Fsp3) is 0.556. The zero-order chi connectivity index (χ0) is 9.26. The summed E-state index contributed by atoms with van der Waals surface area (Å²) in [6, 6.07) is 0. The molecule has 1 aliphatic carbocycles. The molecule has 1 atom stereocenters. The Morgan fingerprint density at radius 2 is 2.38 bits per heavy atom. The van der Waals surface area contributed by atoms with E-state index in [-0.39, 0.29) is 0 Å². The molecule has 1 saturated carbocycles. The van der Waals surface area contributed by atoms with E-state index in [4.69, 9.17) is 0 Å². The minimum absolute atomic E-state index is 0.440. The highest BCUT2D eigenvalue weighted by Crippen LogP contribution is 2.38. The third-order valence-electron chi connectivity index (χ3n) is 2.27. The van der Waals surface area contributed by atoms with Crippen LogP contribution in [0.3, 0.4) is 0 Å². The van der Waals surface area contributed by atoms with Gasteiger partial charge in [0.1, 0.15) is 6.33 Å². The first-order chi connectivity index (χ1) is 6.27. The summed E-state index contributed by atoms with van der Waals surface area (Å²) in [7, 11) is 0. The number of aromatic nitrogens is 2. The lowest BCUT2D eigenvalue weighted by Gasteiger charge is -2.09. The maximum atomic E-state index is 9.79. The van der Waals surface area contributed by atoms with Crippen molar-refractivity contribution in [2.24, 2.45) is 5.92 Å². The summed E-state index contributed by atoms with van der Waals surface area (Å²) >= 11 is 3.32. The molecule has 1 heterocycles. The summed E-state index contributed by atoms with van der Waals surface area (Å²) in [5.74, 6) is 0.705. The van der Waals surface area contributed by atoms with E-state index in [2.05, 4.69) is 25.9 Å². The fourth-order valence-electron chi connectivity index (χ4n) is 1.35. The molecule has 70 valence electrons. The highest BCUT2D eigenvalue weighted by Gasteiger charge is 2.26. The van der Waals surface area contributed by atoms with E-state index in [0.29, 0.717) is 11.6 Å². The molecule has 1 N–H and O–H groups in total. The highest BCUT2D eigenvalue weighted by molar-refractivity contribution is 9.10. The summed E-state index contributed by atoms with van der Waals surface area (Å²) in [6.45, 7) is 0. The topological polar surface area (TPSA) is 46.0 Å². The van der Waals surface area contributed by atoms with Gasteiger partial charge in [0, 0.05) is 6.20 Å². The Hall–Kier alpha value is -0.480. The van der Waals surface area contributed by atoms with Gasteiger partial charge < -0.3 is 5.11 Å². The second-order valence-corrected chi connectivity index (χ2v) is 4.31. The van der Waals surface area contributed by atoms with Gasteiger partial charge in [0.2, 0.25) is 0 Å². The zero-order valence-corrected chi connectivity index (χ0v) is 8.74. The maximum absolute atomic E-state index is 9.79. The van der Waals surface area contributed by atoms with Crippen LogP contribution < -0.4 is 0 Å². The lowest BCUT2D eigenvalue weighted by Crippen LogP contribution is -2.02. The molecule has 0 bridgehead atoms. The summed E-state index contributed by atoms with van der Waals surface area (Å²) in [6.07, 6.45) is 6.02. The van der Waals surface area contributed by atoms with E-state index in [1.54, 1.807) is 6.20 Å². The first-order valence-electron chi connectivity index (χ1n) is 4.41. The minimum Gasteiger partial charge on any atom is -0.387 e. The van der Waals surface area contributed by atoms with Gasteiger partial charge in [0.15, 0.2) is 0 Å². The van der Waals surface area contributed by atoms with Crippen molar-refractivity contribution in [1.29, 1.82) is 0 Å². The van der Waals surface area contributed by atoms with Gasteiger partial charge in [-0.2, -0.15) is 0 Å². The summed E-state index contributed by atoms with van der Waals surface area (Å²) in [5, 5.41) is 9.79. The normalized spacial score (nSPS) is 18.6. The number of aliphatic hydroxyl groups excluding tert-OH is 1. The average Bonchev–Trinajstić information content (AvgIpc) is 2.89. The van der Waals surface area contributed by atoms with E-state index >= 15 is 0 Å². The number of hydrogen-bond acceptors (Lipinski definition) is 3. The Kier molecular flexibility index (Phi) is 2.60. The SMILES string of the molecule is OC(CC1CC1)c1ncncc1Br. The van der Waals surface area contributed by atoms with Crippen LogP contribution in [0.5, 0.6) is 0 Å². The Morgan fingerprint density at radius 1 is 1.62 bits per heavy atom. The second-order valence-electron chi connectivity index (χ2n) is 3.45. The van der Waals surface area contributed by atoms with Crippen molar-refractivity contribution in [3.8, 4) is 0 Å². The minimum atomic E-state index is -0.440. The predicted molar refractivity (Wildman–Crippen MR) is 52.0 cm³/mol. The third-order valence-corrected chi connectivity index (χ3v) is 2.88. The molecule has 0 amide bonds. The number of halogens is 1. The average molecular weight is 243 g/mol. The van der Waals surface area contributed by atoms with Crippen molar-refractivity contribution in [3.63, 3.8) is 0 Å². The molecule has 1 unspecified atom stereocenters. The Bertz CT molecular complexity index is 301. The van der Waals surface area contributed by atoms with E-state index in [1.165, 1.54) is 19.2 Å². The lowest BCUT2D eigenvalue weighted by atomic mass is 10.1. The molecular weight excluding hydrogens is 232 g/mol. The molecule has 2 rings (SSSR count). The van der Waals surface area contributed by atoms with Crippen LogP contribution in [0.2, 0.25) is 0 Å². The lowest BCUT2D eigenvalue weighted by molar-refractivity contribution is 0.154. The molecule has 0 saturated heterocycles. The number of hydrogen-bond donors (Lipinski definition) is 1. The molecule has 0 aliphatic heterocycles. The van der Waals surface area contributed by atoms with Crippen LogP contribution in [0.4, 0.5) is 0 Å². The first-order valence-corrected chi connectivity index (χ1v) is 5.20. The summed E-state index contributed by atoms with van der Waals surface area (Å²) in [4.78, 5) is 7.90. The Labute approximate surface area is 85.4 Å². The molecule has 1 aromatic heterocycles. The molecule has 1 aromatic rings. The van der Waals surface area contributed by atoms with Crippen molar-refractivity contribution in [2.45, 2.75) is 25.4 Å². The molecule has 0 spiro atoms. The number of nitrogens with zero attached hydrogens (tertiary/aromatic N) is 2. The second kappa shape index (κ2) is 3.72. The molecular formula is C9H11BrN2O. The molecule has 1 fully saturated rings. The first kappa shape index (κ1) is 9.09. The molecule has 3 nitrogen and oxygen atoms in total. The van der Waals surface area contributed by atoms with Gasteiger partial charge in [-0.25, -0.2) is 9.97 Å². The van der Waals surface area contributed by atoms with Gasteiger partial charge in [-0.05, 0) is 28.3 Å². The van der Waals surface area contributed by atoms with Crippen LogP contribution in [0.15, 0.2) is 17.0 Å². The third kappa shape index (κ3) is 2.25. The van der Waals surface area contributed by atoms with Crippen molar-refractivity contribution in [2.75, 3.05) is 0 Å². The molecule has 1 aliphatic rings. The zero-order valence-electron chi connectivity index (χ0n) is 7.15. The van der Waals surface area contributed by atoms with Gasteiger partial charge in [0.25, 0.3) is 0 Å². The quantitative estimate of drug-likeness (QED) is 0.883. The van der Waals surface area contributed by atoms with Gasteiger partial charge in [-0.1, -0.05) is 12.8 Å².